The fourth-order valence-electron chi connectivity index (χ4n) is 6.64. The Hall–Kier alpha value is -4.13. The predicted molar refractivity (Wildman–Crippen MR) is 193 cm³/mol. The van der Waals surface area contributed by atoms with Crippen LogP contribution in [-0.2, 0) is 0 Å². The number of halogens is 2. The SMILES string of the molecule is COc1c(C#N)cc2ccccc2c1C(=O)N(C)CC(CCN1CCC(c2ccccc2Oc2nccs2)CC1)c1ccc(Cl)c(Cl)c1. The Kier molecular flexibility index (Phi) is 10.8. The molecule has 5 aromatic rings. The van der Waals surface area contributed by atoms with Gasteiger partial charge in [0.2, 0.25) is 0 Å². The number of likely N-dealkylation sites (tertiary alicyclic amines) is 1. The molecule has 0 aliphatic carbocycles. The van der Waals surface area contributed by atoms with Gasteiger partial charge in [-0.05, 0) is 91.0 Å². The molecule has 1 fully saturated rings. The van der Waals surface area contributed by atoms with Crippen molar-refractivity contribution in [2.24, 2.45) is 0 Å². The average molecular weight is 700 g/mol. The molecule has 0 saturated carbocycles. The van der Waals surface area contributed by atoms with Gasteiger partial charge in [0.25, 0.3) is 11.1 Å². The summed E-state index contributed by atoms with van der Waals surface area (Å²) in [5.41, 5.74) is 2.97. The van der Waals surface area contributed by atoms with E-state index in [1.807, 2.05) is 60.0 Å². The molecule has 1 aromatic heterocycles. The van der Waals surface area contributed by atoms with Crippen LogP contribution in [0.4, 0.5) is 0 Å². The number of methoxy groups -OCH3 is 1. The third kappa shape index (κ3) is 7.45. The summed E-state index contributed by atoms with van der Waals surface area (Å²) < 4.78 is 11.8. The Labute approximate surface area is 295 Å². The fraction of sp³-hybridized carbons (Fsp3) is 0.289. The van der Waals surface area contributed by atoms with Crippen LogP contribution in [0.1, 0.15) is 58.1 Å². The van der Waals surface area contributed by atoms with Crippen LogP contribution in [0.25, 0.3) is 10.8 Å². The Balaban J connectivity index is 1.17. The van der Waals surface area contributed by atoms with E-state index in [1.54, 1.807) is 24.2 Å². The lowest BCUT2D eigenvalue weighted by molar-refractivity contribution is 0.0780. The molecule has 2 heterocycles. The van der Waals surface area contributed by atoms with E-state index in [0.29, 0.717) is 44.6 Å². The van der Waals surface area contributed by atoms with E-state index in [2.05, 4.69) is 28.1 Å². The standard InChI is InChI=1S/C38H36Cl2N4O3S/c1-43(37(45)35-31-9-4-3-7-27(31)21-29(23-41)36(35)46-2)24-28(26-11-12-32(39)33(40)22-26)15-19-44-17-13-25(14-18-44)30-8-5-6-10-34(30)47-38-42-16-20-48-38/h3-12,16,20-22,25,28H,13-15,17-19,24H2,1-2H3. The summed E-state index contributed by atoms with van der Waals surface area (Å²) in [6, 6.07) is 25.5. The van der Waals surface area contributed by atoms with E-state index >= 15 is 0 Å². The number of fused-ring (bicyclic) bond motifs is 1. The molecular weight excluding hydrogens is 663 g/mol. The van der Waals surface area contributed by atoms with Crippen molar-refractivity contribution in [1.29, 1.82) is 5.26 Å². The zero-order valence-corrected chi connectivity index (χ0v) is 29.2. The van der Waals surface area contributed by atoms with Crippen LogP contribution in [0.15, 0.2) is 84.4 Å². The summed E-state index contributed by atoms with van der Waals surface area (Å²) in [4.78, 5) is 22.7. The number of para-hydroxylation sites is 1. The number of carbonyl (C=O) groups excluding carboxylic acids is 1. The molecule has 0 bridgehead atoms. The van der Waals surface area contributed by atoms with Crippen molar-refractivity contribution in [3.63, 3.8) is 0 Å². The Bertz CT molecular complexity index is 1940. The molecule has 48 heavy (non-hydrogen) atoms. The van der Waals surface area contributed by atoms with Gasteiger partial charge >= 0.3 is 0 Å². The van der Waals surface area contributed by atoms with Gasteiger partial charge in [0.1, 0.15) is 17.6 Å². The third-order valence-electron chi connectivity index (χ3n) is 9.14. The molecular formula is C38H36Cl2N4O3S. The smallest absolute Gasteiger partial charge is 0.278 e. The van der Waals surface area contributed by atoms with Crippen molar-refractivity contribution in [2.75, 3.05) is 40.3 Å². The Morgan fingerprint density at radius 3 is 2.58 bits per heavy atom. The van der Waals surface area contributed by atoms with Crippen LogP contribution in [0.2, 0.25) is 10.0 Å². The summed E-state index contributed by atoms with van der Waals surface area (Å²) in [6.45, 7) is 3.24. The molecule has 1 saturated heterocycles. The first-order chi connectivity index (χ1) is 23.4. The molecule has 1 aliphatic rings. The number of aromatic nitrogens is 1. The quantitative estimate of drug-likeness (QED) is 0.137. The third-order valence-corrected chi connectivity index (χ3v) is 10.5. The molecule has 10 heteroatoms. The number of piperidine rings is 1. The van der Waals surface area contributed by atoms with Crippen molar-refractivity contribution in [2.45, 2.75) is 31.1 Å². The number of hydrogen-bond acceptors (Lipinski definition) is 7. The van der Waals surface area contributed by atoms with Gasteiger partial charge in [0.15, 0.2) is 0 Å². The first-order valence-corrected chi connectivity index (χ1v) is 17.6. The summed E-state index contributed by atoms with van der Waals surface area (Å²) in [6.07, 6.45) is 4.62. The van der Waals surface area contributed by atoms with E-state index in [0.717, 1.165) is 61.0 Å². The van der Waals surface area contributed by atoms with Crippen LogP contribution in [0, 0.1) is 11.3 Å². The highest BCUT2D eigenvalue weighted by Crippen LogP contribution is 2.38. The van der Waals surface area contributed by atoms with Crippen molar-refractivity contribution in [3.05, 3.63) is 117 Å². The van der Waals surface area contributed by atoms with Gasteiger partial charge in [-0.15, -0.1) is 0 Å². The van der Waals surface area contributed by atoms with Gasteiger partial charge in [0.05, 0.1) is 28.3 Å². The molecule has 4 aromatic carbocycles. The van der Waals surface area contributed by atoms with Crippen molar-refractivity contribution < 1.29 is 14.3 Å². The van der Waals surface area contributed by atoms with E-state index in [-0.39, 0.29) is 11.8 Å². The lowest BCUT2D eigenvalue weighted by Gasteiger charge is -2.34. The highest BCUT2D eigenvalue weighted by atomic mass is 35.5. The Morgan fingerprint density at radius 1 is 1.08 bits per heavy atom. The van der Waals surface area contributed by atoms with Gasteiger partial charge in [-0.25, -0.2) is 4.98 Å². The van der Waals surface area contributed by atoms with Crippen LogP contribution >= 0.6 is 34.5 Å². The lowest BCUT2D eigenvalue weighted by Crippen LogP contribution is -2.36. The van der Waals surface area contributed by atoms with Gasteiger partial charge in [-0.3, -0.25) is 4.79 Å². The fourth-order valence-corrected chi connectivity index (χ4v) is 7.45. The minimum absolute atomic E-state index is 0.00438. The number of likely N-dealkylation sites (N-methyl/N-ethyl adjacent to an activating group) is 1. The number of rotatable bonds is 11. The summed E-state index contributed by atoms with van der Waals surface area (Å²) in [5.74, 6) is 1.37. The number of thiazole rings is 1. The van der Waals surface area contributed by atoms with Crippen molar-refractivity contribution >= 4 is 51.2 Å². The highest BCUT2D eigenvalue weighted by Gasteiger charge is 2.28. The van der Waals surface area contributed by atoms with Crippen LogP contribution in [-0.4, -0.2) is 61.0 Å². The molecule has 0 radical (unpaired) electrons. The van der Waals surface area contributed by atoms with E-state index < -0.39 is 0 Å². The van der Waals surface area contributed by atoms with Crippen molar-refractivity contribution in [1.82, 2.24) is 14.8 Å². The molecule has 7 nitrogen and oxygen atoms in total. The first-order valence-electron chi connectivity index (χ1n) is 15.9. The number of ether oxygens (including phenoxy) is 2. The number of nitriles is 1. The van der Waals surface area contributed by atoms with E-state index in [9.17, 15) is 10.1 Å². The maximum Gasteiger partial charge on any atom is 0.278 e. The van der Waals surface area contributed by atoms with Gasteiger partial charge < -0.3 is 19.3 Å². The topological polar surface area (TPSA) is 78.7 Å². The second-order valence-corrected chi connectivity index (χ2v) is 13.7. The summed E-state index contributed by atoms with van der Waals surface area (Å²) in [5, 5.41) is 15.0. The molecule has 1 amide bonds. The van der Waals surface area contributed by atoms with Gasteiger partial charge in [-0.1, -0.05) is 83.1 Å². The van der Waals surface area contributed by atoms with Gasteiger partial charge in [-0.2, -0.15) is 5.26 Å². The first kappa shape index (κ1) is 33.8. The molecule has 0 spiro atoms. The average Bonchev–Trinajstić information content (AvgIpc) is 3.63. The van der Waals surface area contributed by atoms with E-state index in [1.165, 1.54) is 24.0 Å². The minimum Gasteiger partial charge on any atom is -0.495 e. The normalized spacial score (nSPS) is 14.4. The number of benzene rings is 4. The monoisotopic (exact) mass is 698 g/mol. The maximum atomic E-state index is 14.2. The minimum atomic E-state index is -0.204. The molecule has 1 unspecified atom stereocenters. The van der Waals surface area contributed by atoms with Crippen LogP contribution in [0.5, 0.6) is 16.7 Å². The number of nitrogens with zero attached hydrogens (tertiary/aromatic N) is 4. The van der Waals surface area contributed by atoms with Crippen LogP contribution in [0.3, 0.4) is 0 Å². The largest absolute Gasteiger partial charge is 0.495 e. The summed E-state index contributed by atoms with van der Waals surface area (Å²) >= 11 is 14.3. The number of hydrogen-bond donors (Lipinski definition) is 0. The predicted octanol–water partition coefficient (Wildman–Crippen LogP) is 9.40. The second-order valence-electron chi connectivity index (χ2n) is 12.1. The lowest BCUT2D eigenvalue weighted by atomic mass is 9.88. The zero-order valence-electron chi connectivity index (χ0n) is 26.9. The summed E-state index contributed by atoms with van der Waals surface area (Å²) in [7, 11) is 3.30. The number of amides is 1. The van der Waals surface area contributed by atoms with Crippen LogP contribution < -0.4 is 9.47 Å². The molecule has 6 rings (SSSR count). The maximum absolute atomic E-state index is 14.2. The van der Waals surface area contributed by atoms with Crippen molar-refractivity contribution in [3.8, 4) is 22.8 Å². The van der Waals surface area contributed by atoms with Gasteiger partial charge in [0, 0.05) is 31.1 Å². The molecule has 1 atom stereocenters. The highest BCUT2D eigenvalue weighted by molar-refractivity contribution is 7.11. The molecule has 0 N–H and O–H groups in total. The molecule has 1 aliphatic heterocycles. The Morgan fingerprint density at radius 2 is 1.85 bits per heavy atom. The van der Waals surface area contributed by atoms with E-state index in [4.69, 9.17) is 32.7 Å². The zero-order chi connectivity index (χ0) is 33.6. The number of carbonyl (C=O) groups is 1. The second kappa shape index (κ2) is 15.4. The molecule has 246 valence electrons.